The summed E-state index contributed by atoms with van der Waals surface area (Å²) < 4.78 is 15.5. The van der Waals surface area contributed by atoms with E-state index in [0.29, 0.717) is 5.69 Å². The van der Waals surface area contributed by atoms with E-state index < -0.39 is 5.60 Å². The maximum atomic E-state index is 13.4. The number of aromatic nitrogens is 3. The summed E-state index contributed by atoms with van der Waals surface area (Å²) in [5.41, 5.74) is 3.27. The van der Waals surface area contributed by atoms with E-state index in [9.17, 15) is 9.50 Å². The molecule has 2 aromatic heterocycles. The van der Waals surface area contributed by atoms with E-state index in [1.165, 1.54) is 17.7 Å². The Kier molecular flexibility index (Phi) is 5.69. The van der Waals surface area contributed by atoms with E-state index in [2.05, 4.69) is 36.2 Å². The van der Waals surface area contributed by atoms with Crippen LogP contribution in [0.15, 0.2) is 76.8 Å². The van der Waals surface area contributed by atoms with Crippen molar-refractivity contribution < 1.29 is 9.50 Å². The molecule has 0 atom stereocenters. The number of halogens is 1. The second-order valence-corrected chi connectivity index (χ2v) is 9.12. The molecule has 4 rings (SSSR count). The third kappa shape index (κ3) is 4.55. The summed E-state index contributed by atoms with van der Waals surface area (Å²) in [6.45, 7) is 5.48. The highest BCUT2D eigenvalue weighted by molar-refractivity contribution is 7.99. The van der Waals surface area contributed by atoms with Crippen molar-refractivity contribution in [2.75, 3.05) is 0 Å². The van der Waals surface area contributed by atoms with Gasteiger partial charge in [0, 0.05) is 29.3 Å². The van der Waals surface area contributed by atoms with Crippen LogP contribution in [0.3, 0.4) is 0 Å². The Morgan fingerprint density at radius 3 is 2.16 bits per heavy atom. The highest BCUT2D eigenvalue weighted by Gasteiger charge is 2.21. The van der Waals surface area contributed by atoms with Crippen molar-refractivity contribution in [3.63, 3.8) is 0 Å². The van der Waals surface area contributed by atoms with E-state index in [-0.39, 0.29) is 5.82 Å². The van der Waals surface area contributed by atoms with Crippen LogP contribution in [0, 0.1) is 12.7 Å². The largest absolute Gasteiger partial charge is 0.384 e. The van der Waals surface area contributed by atoms with Gasteiger partial charge < -0.3 is 9.67 Å². The Labute approximate surface area is 185 Å². The highest BCUT2D eigenvalue weighted by atomic mass is 32.2. The van der Waals surface area contributed by atoms with Gasteiger partial charge in [0.2, 0.25) is 0 Å². The lowest BCUT2D eigenvalue weighted by Crippen LogP contribution is -2.17. The third-order valence-electron chi connectivity index (χ3n) is 5.04. The number of aliphatic hydroxyl groups is 1. The minimum Gasteiger partial charge on any atom is -0.384 e. The fourth-order valence-corrected chi connectivity index (χ4v) is 4.24. The summed E-state index contributed by atoms with van der Waals surface area (Å²) >= 11 is 1.62. The predicted octanol–water partition coefficient (Wildman–Crippen LogP) is 5.98. The lowest BCUT2D eigenvalue weighted by atomic mass is 10.0. The van der Waals surface area contributed by atoms with Crippen molar-refractivity contribution in [1.29, 1.82) is 0 Å². The molecule has 0 fully saturated rings. The Bertz CT molecular complexity index is 1190. The molecule has 0 bridgehead atoms. The van der Waals surface area contributed by atoms with Crippen molar-refractivity contribution in [2.45, 2.75) is 36.3 Å². The first kappa shape index (κ1) is 21.3. The average molecular weight is 434 g/mol. The predicted molar refractivity (Wildman–Crippen MR) is 122 cm³/mol. The van der Waals surface area contributed by atoms with Gasteiger partial charge in [-0.25, -0.2) is 9.37 Å². The van der Waals surface area contributed by atoms with E-state index in [1.54, 1.807) is 43.9 Å². The number of nitrogens with zero attached hydrogens (tertiary/aromatic N) is 3. The Balaban J connectivity index is 1.82. The van der Waals surface area contributed by atoms with Gasteiger partial charge in [-0.3, -0.25) is 4.98 Å². The quantitative estimate of drug-likeness (QED) is 0.421. The Morgan fingerprint density at radius 1 is 0.935 bits per heavy atom. The topological polar surface area (TPSA) is 50.9 Å². The maximum absolute atomic E-state index is 13.4. The molecule has 0 saturated carbocycles. The molecule has 31 heavy (non-hydrogen) atoms. The van der Waals surface area contributed by atoms with Crippen molar-refractivity contribution >= 4 is 11.8 Å². The van der Waals surface area contributed by atoms with Crippen molar-refractivity contribution in [3.8, 4) is 22.6 Å². The van der Waals surface area contributed by atoms with Crippen LogP contribution in [0.5, 0.6) is 0 Å². The average Bonchev–Trinajstić information content (AvgIpc) is 3.06. The van der Waals surface area contributed by atoms with E-state index in [4.69, 9.17) is 4.98 Å². The number of imidazole rings is 1. The highest BCUT2D eigenvalue weighted by Crippen LogP contribution is 2.38. The van der Waals surface area contributed by atoms with Gasteiger partial charge in [-0.2, -0.15) is 0 Å². The monoisotopic (exact) mass is 433 g/mol. The van der Waals surface area contributed by atoms with Crippen LogP contribution in [0.2, 0.25) is 0 Å². The van der Waals surface area contributed by atoms with Crippen LogP contribution in [0.25, 0.3) is 22.6 Å². The van der Waals surface area contributed by atoms with Crippen molar-refractivity contribution in [3.05, 3.63) is 83.9 Å². The number of aryl methyl sites for hydroxylation is 1. The molecule has 0 unspecified atom stereocenters. The lowest BCUT2D eigenvalue weighted by molar-refractivity contribution is 0.0739. The first-order chi connectivity index (χ1) is 14.7. The van der Waals surface area contributed by atoms with Crippen LogP contribution >= 0.6 is 11.8 Å². The Morgan fingerprint density at radius 2 is 1.58 bits per heavy atom. The number of pyridine rings is 1. The molecule has 6 heteroatoms. The smallest absolute Gasteiger partial charge is 0.141 e. The fraction of sp³-hybridized carbons (Fsp3) is 0.200. The van der Waals surface area contributed by atoms with E-state index in [0.717, 1.165) is 32.6 Å². The molecule has 0 amide bonds. The number of hydrogen-bond acceptors (Lipinski definition) is 4. The van der Waals surface area contributed by atoms with Gasteiger partial charge in [0.05, 0.1) is 5.69 Å². The minimum absolute atomic E-state index is 0.279. The first-order valence-electron chi connectivity index (χ1n) is 9.99. The standard InChI is InChI=1S/C25H24FN3OS/c1-16-5-12-20(13-6-16)31-24-22(18-9-14-21(27-15-18)25(2,3)30)28-23(29(24)4)17-7-10-19(26)11-8-17/h5-15,30H,1-4H3. The molecule has 0 aliphatic heterocycles. The molecule has 0 saturated heterocycles. The second-order valence-electron chi connectivity index (χ2n) is 8.06. The van der Waals surface area contributed by atoms with Gasteiger partial charge in [0.15, 0.2) is 0 Å². The summed E-state index contributed by atoms with van der Waals surface area (Å²) in [5, 5.41) is 11.2. The van der Waals surface area contributed by atoms with Gasteiger partial charge in [-0.15, -0.1) is 0 Å². The van der Waals surface area contributed by atoms with Gasteiger partial charge in [0.25, 0.3) is 0 Å². The van der Waals surface area contributed by atoms with Gasteiger partial charge >= 0.3 is 0 Å². The van der Waals surface area contributed by atoms with Gasteiger partial charge in [-0.05, 0) is 69.3 Å². The Hall–Kier alpha value is -2.96. The summed E-state index contributed by atoms with van der Waals surface area (Å²) in [6, 6.07) is 18.4. The molecule has 4 aromatic rings. The number of hydrogen-bond donors (Lipinski definition) is 1. The fourth-order valence-electron chi connectivity index (χ4n) is 3.26. The lowest BCUT2D eigenvalue weighted by Gasteiger charge is -2.16. The molecule has 0 spiro atoms. The second kappa shape index (κ2) is 8.29. The first-order valence-corrected chi connectivity index (χ1v) is 10.8. The summed E-state index contributed by atoms with van der Waals surface area (Å²) in [6.07, 6.45) is 1.74. The summed E-state index contributed by atoms with van der Waals surface area (Å²) in [4.78, 5) is 10.5. The normalized spacial score (nSPS) is 11.7. The molecule has 0 aliphatic carbocycles. The van der Waals surface area contributed by atoms with Crippen LogP contribution in [-0.4, -0.2) is 19.6 Å². The van der Waals surface area contributed by atoms with Crippen LogP contribution in [0.4, 0.5) is 4.39 Å². The van der Waals surface area contributed by atoms with E-state index >= 15 is 0 Å². The zero-order chi connectivity index (χ0) is 22.2. The third-order valence-corrected chi connectivity index (χ3v) is 6.21. The van der Waals surface area contributed by atoms with Crippen molar-refractivity contribution in [1.82, 2.24) is 14.5 Å². The molecule has 0 aliphatic rings. The minimum atomic E-state index is -1.01. The zero-order valence-electron chi connectivity index (χ0n) is 17.9. The molecule has 1 N–H and O–H groups in total. The van der Waals surface area contributed by atoms with Crippen LogP contribution < -0.4 is 0 Å². The number of rotatable bonds is 5. The molecule has 2 aromatic carbocycles. The molecular formula is C25H24FN3OS. The number of benzene rings is 2. The van der Waals surface area contributed by atoms with Gasteiger partial charge in [-0.1, -0.05) is 29.5 Å². The maximum Gasteiger partial charge on any atom is 0.141 e. The zero-order valence-corrected chi connectivity index (χ0v) is 18.7. The van der Waals surface area contributed by atoms with Gasteiger partial charge in [0.1, 0.15) is 28.0 Å². The molecule has 4 nitrogen and oxygen atoms in total. The van der Waals surface area contributed by atoms with Crippen LogP contribution in [-0.2, 0) is 12.6 Å². The van der Waals surface area contributed by atoms with Crippen molar-refractivity contribution in [2.24, 2.45) is 7.05 Å². The molecular weight excluding hydrogens is 409 g/mol. The van der Waals surface area contributed by atoms with E-state index in [1.807, 2.05) is 23.7 Å². The molecule has 2 heterocycles. The van der Waals surface area contributed by atoms with Crippen LogP contribution in [0.1, 0.15) is 25.1 Å². The summed E-state index contributed by atoms with van der Waals surface area (Å²) in [5.74, 6) is 0.468. The summed E-state index contributed by atoms with van der Waals surface area (Å²) in [7, 11) is 1.96. The SMILES string of the molecule is Cc1ccc(Sc2c(-c3ccc(C(C)(C)O)nc3)nc(-c3ccc(F)cc3)n2C)cc1. The molecule has 0 radical (unpaired) electrons. The molecule has 158 valence electrons.